The summed E-state index contributed by atoms with van der Waals surface area (Å²) in [5.41, 5.74) is 1.19. The van der Waals surface area contributed by atoms with Gasteiger partial charge in [0.15, 0.2) is 0 Å². The molecule has 0 aliphatic heterocycles. The Labute approximate surface area is 106 Å². The van der Waals surface area contributed by atoms with Crippen molar-refractivity contribution in [2.24, 2.45) is 0 Å². The van der Waals surface area contributed by atoms with E-state index in [0.717, 1.165) is 5.01 Å². The molecule has 2 nitrogen and oxygen atoms in total. The third kappa shape index (κ3) is 2.39. The second-order valence-electron chi connectivity index (χ2n) is 4.65. The normalized spacial score (nSPS) is 17.2. The van der Waals surface area contributed by atoms with E-state index in [1.807, 2.05) is 6.07 Å². The van der Waals surface area contributed by atoms with Crippen molar-refractivity contribution >= 4 is 11.3 Å². The van der Waals surface area contributed by atoms with E-state index in [0.29, 0.717) is 5.92 Å². The van der Waals surface area contributed by atoms with E-state index >= 15 is 0 Å². The van der Waals surface area contributed by atoms with Crippen LogP contribution in [-0.2, 0) is 0 Å². The lowest BCUT2D eigenvalue weighted by atomic mass is 9.90. The molecule has 0 N–H and O–H groups in total. The quantitative estimate of drug-likeness (QED) is 0.789. The third-order valence-electron chi connectivity index (χ3n) is 3.42. The predicted octanol–water partition coefficient (Wildman–Crippen LogP) is 4.25. The van der Waals surface area contributed by atoms with E-state index in [9.17, 15) is 0 Å². The number of aromatic nitrogens is 2. The van der Waals surface area contributed by atoms with Gasteiger partial charge in [0.05, 0.1) is 0 Å². The van der Waals surface area contributed by atoms with Gasteiger partial charge in [-0.3, -0.25) is 0 Å². The molecule has 88 valence electrons. The average molecular weight is 244 g/mol. The van der Waals surface area contributed by atoms with Crippen molar-refractivity contribution in [3.8, 4) is 10.6 Å². The molecule has 3 heteroatoms. The molecule has 0 unspecified atom stereocenters. The number of benzene rings is 1. The standard InChI is InChI=1S/C14H16N2S/c1-3-7-11(8-4-1)13-15-16-14(17-13)12-9-5-2-6-10-12/h1,3-4,7-8,12H,2,5-6,9-10H2. The summed E-state index contributed by atoms with van der Waals surface area (Å²) in [6, 6.07) is 10.3. The zero-order valence-electron chi connectivity index (χ0n) is 9.80. The highest BCUT2D eigenvalue weighted by Crippen LogP contribution is 2.36. The van der Waals surface area contributed by atoms with Crippen LogP contribution in [0.2, 0.25) is 0 Å². The Kier molecular flexibility index (Phi) is 3.18. The lowest BCUT2D eigenvalue weighted by Crippen LogP contribution is -2.03. The van der Waals surface area contributed by atoms with Crippen LogP contribution in [0, 0.1) is 0 Å². The number of rotatable bonds is 2. The minimum atomic E-state index is 0.665. The number of nitrogens with zero attached hydrogens (tertiary/aromatic N) is 2. The van der Waals surface area contributed by atoms with Gasteiger partial charge in [0.1, 0.15) is 10.0 Å². The fourth-order valence-electron chi connectivity index (χ4n) is 2.45. The van der Waals surface area contributed by atoms with Crippen LogP contribution in [0.15, 0.2) is 30.3 Å². The minimum Gasteiger partial charge on any atom is -0.143 e. The fourth-order valence-corrected chi connectivity index (χ4v) is 3.46. The largest absolute Gasteiger partial charge is 0.147 e. The minimum absolute atomic E-state index is 0.665. The maximum Gasteiger partial charge on any atom is 0.147 e. The van der Waals surface area contributed by atoms with Gasteiger partial charge in [-0.2, -0.15) is 0 Å². The Hall–Kier alpha value is -1.22. The molecule has 0 saturated heterocycles. The molecule has 17 heavy (non-hydrogen) atoms. The smallest absolute Gasteiger partial charge is 0.143 e. The van der Waals surface area contributed by atoms with Gasteiger partial charge < -0.3 is 0 Å². The van der Waals surface area contributed by atoms with Crippen LogP contribution < -0.4 is 0 Å². The first-order valence-corrected chi connectivity index (χ1v) is 7.14. The molecule has 1 aromatic carbocycles. The second-order valence-corrected chi connectivity index (χ2v) is 5.66. The highest BCUT2D eigenvalue weighted by Gasteiger charge is 2.19. The maximum atomic E-state index is 4.38. The first-order chi connectivity index (χ1) is 8.43. The molecule has 0 spiro atoms. The van der Waals surface area contributed by atoms with Crippen LogP contribution in [-0.4, -0.2) is 10.2 Å². The second kappa shape index (κ2) is 4.96. The van der Waals surface area contributed by atoms with Crippen molar-refractivity contribution in [2.45, 2.75) is 38.0 Å². The topological polar surface area (TPSA) is 25.8 Å². The van der Waals surface area contributed by atoms with Gasteiger partial charge >= 0.3 is 0 Å². The molecule has 1 aliphatic rings. The summed E-state index contributed by atoms with van der Waals surface area (Å²) in [4.78, 5) is 0. The van der Waals surface area contributed by atoms with E-state index in [-0.39, 0.29) is 0 Å². The van der Waals surface area contributed by atoms with Gasteiger partial charge in [-0.25, -0.2) is 0 Å². The Balaban J connectivity index is 1.83. The molecule has 2 aromatic rings. The molecule has 1 saturated carbocycles. The highest BCUT2D eigenvalue weighted by molar-refractivity contribution is 7.14. The third-order valence-corrected chi connectivity index (χ3v) is 4.55. The van der Waals surface area contributed by atoms with Crippen LogP contribution in [0.4, 0.5) is 0 Å². The average Bonchev–Trinajstić information content (AvgIpc) is 2.90. The number of hydrogen-bond acceptors (Lipinski definition) is 3. The van der Waals surface area contributed by atoms with Crippen LogP contribution >= 0.6 is 11.3 Å². The van der Waals surface area contributed by atoms with Crippen molar-refractivity contribution in [3.63, 3.8) is 0 Å². The van der Waals surface area contributed by atoms with Gasteiger partial charge in [0.25, 0.3) is 0 Å². The van der Waals surface area contributed by atoms with E-state index in [4.69, 9.17) is 0 Å². The highest BCUT2D eigenvalue weighted by atomic mass is 32.1. The van der Waals surface area contributed by atoms with Gasteiger partial charge in [-0.15, -0.1) is 10.2 Å². The molecule has 1 fully saturated rings. The molecule has 0 atom stereocenters. The summed E-state index contributed by atoms with van der Waals surface area (Å²) < 4.78 is 0. The molecule has 3 rings (SSSR count). The molecule has 0 amide bonds. The SMILES string of the molecule is c1ccc(-c2nnc(C3CCCCC3)s2)cc1. The lowest BCUT2D eigenvalue weighted by molar-refractivity contribution is 0.440. The van der Waals surface area contributed by atoms with Gasteiger partial charge in [-0.05, 0) is 12.8 Å². The fraction of sp³-hybridized carbons (Fsp3) is 0.429. The van der Waals surface area contributed by atoms with E-state index in [1.54, 1.807) is 11.3 Å². The monoisotopic (exact) mass is 244 g/mol. The molecule has 1 aliphatic carbocycles. The van der Waals surface area contributed by atoms with E-state index < -0.39 is 0 Å². The summed E-state index contributed by atoms with van der Waals surface area (Å²) in [6.07, 6.45) is 6.68. The molecule has 1 aromatic heterocycles. The Bertz CT molecular complexity index is 472. The zero-order chi connectivity index (χ0) is 11.5. The van der Waals surface area contributed by atoms with Crippen molar-refractivity contribution in [1.29, 1.82) is 0 Å². The molecule has 0 radical (unpaired) electrons. The van der Waals surface area contributed by atoms with E-state index in [2.05, 4.69) is 34.5 Å². The van der Waals surface area contributed by atoms with Gasteiger partial charge in [0, 0.05) is 11.5 Å². The zero-order valence-corrected chi connectivity index (χ0v) is 10.6. The molecular formula is C14H16N2S. The summed E-state index contributed by atoms with van der Waals surface area (Å²) in [5, 5.41) is 11.0. The Morgan fingerprint density at radius 1 is 0.941 bits per heavy atom. The molecule has 1 heterocycles. The van der Waals surface area contributed by atoms with Gasteiger partial charge in [0.2, 0.25) is 0 Å². The van der Waals surface area contributed by atoms with E-state index in [1.165, 1.54) is 42.7 Å². The van der Waals surface area contributed by atoms with Crippen LogP contribution in [0.5, 0.6) is 0 Å². The molecule has 0 bridgehead atoms. The van der Waals surface area contributed by atoms with Crippen LogP contribution in [0.3, 0.4) is 0 Å². The molecular weight excluding hydrogens is 228 g/mol. The summed E-state index contributed by atoms with van der Waals surface area (Å²) in [5.74, 6) is 0.665. The predicted molar refractivity (Wildman–Crippen MR) is 71.2 cm³/mol. The first-order valence-electron chi connectivity index (χ1n) is 6.32. The lowest BCUT2D eigenvalue weighted by Gasteiger charge is -2.18. The van der Waals surface area contributed by atoms with Crippen LogP contribution in [0.25, 0.3) is 10.6 Å². The maximum absolute atomic E-state index is 4.38. The number of hydrogen-bond donors (Lipinski definition) is 0. The summed E-state index contributed by atoms with van der Waals surface area (Å²) >= 11 is 1.77. The van der Waals surface area contributed by atoms with Crippen molar-refractivity contribution in [3.05, 3.63) is 35.3 Å². The Morgan fingerprint density at radius 3 is 2.47 bits per heavy atom. The summed E-state index contributed by atoms with van der Waals surface area (Å²) in [7, 11) is 0. The van der Waals surface area contributed by atoms with Gasteiger partial charge in [-0.1, -0.05) is 60.9 Å². The Morgan fingerprint density at radius 2 is 1.71 bits per heavy atom. The van der Waals surface area contributed by atoms with Crippen molar-refractivity contribution in [2.75, 3.05) is 0 Å². The summed E-state index contributed by atoms with van der Waals surface area (Å²) in [6.45, 7) is 0. The van der Waals surface area contributed by atoms with Crippen molar-refractivity contribution < 1.29 is 0 Å². The van der Waals surface area contributed by atoms with Crippen molar-refractivity contribution in [1.82, 2.24) is 10.2 Å². The van der Waals surface area contributed by atoms with Crippen LogP contribution in [0.1, 0.15) is 43.0 Å². The first kappa shape index (κ1) is 10.9.